The molecule has 0 fully saturated rings. The minimum Gasteiger partial charge on any atom is -0.457 e. The molecule has 0 aromatic carbocycles. The molecule has 0 radical (unpaired) electrons. The van der Waals surface area contributed by atoms with Gasteiger partial charge in [0, 0.05) is 12.1 Å². The summed E-state index contributed by atoms with van der Waals surface area (Å²) in [6.45, 7) is 9.72. The topological polar surface area (TPSA) is 29.5 Å². The van der Waals surface area contributed by atoms with Crippen LogP contribution < -0.4 is 0 Å². The third-order valence-corrected chi connectivity index (χ3v) is 1.19. The molecule has 0 aromatic heterocycles. The third-order valence-electron chi connectivity index (χ3n) is 1.19. The van der Waals surface area contributed by atoms with Crippen molar-refractivity contribution in [1.82, 2.24) is 4.90 Å². The molecule has 0 rings (SSSR count). The molecule has 0 saturated carbocycles. The van der Waals surface area contributed by atoms with Gasteiger partial charge in [-0.2, -0.15) is 0 Å². The first-order valence-electron chi connectivity index (χ1n) is 4.28. The number of ether oxygens (including phenoxy) is 1. The average molecular weight is 185 g/mol. The van der Waals surface area contributed by atoms with Crippen molar-refractivity contribution >= 4 is 5.97 Å². The van der Waals surface area contributed by atoms with Gasteiger partial charge in [0.05, 0.1) is 0 Å². The lowest BCUT2D eigenvalue weighted by molar-refractivity contribution is -0.150. The average Bonchev–Trinajstić information content (AvgIpc) is 1.81. The molecular formula is C10H19NO2. The molecule has 0 aliphatic heterocycles. The van der Waals surface area contributed by atoms with Gasteiger partial charge in [-0.05, 0) is 34.9 Å². The van der Waals surface area contributed by atoms with Gasteiger partial charge in [0.15, 0.2) is 0 Å². The molecule has 76 valence electrons. The largest absolute Gasteiger partial charge is 0.457 e. The van der Waals surface area contributed by atoms with Crippen molar-refractivity contribution in [3.63, 3.8) is 0 Å². The van der Waals surface area contributed by atoms with E-state index in [1.54, 1.807) is 0 Å². The fourth-order valence-corrected chi connectivity index (χ4v) is 0.797. The zero-order chi connectivity index (χ0) is 10.6. The molecule has 0 aliphatic carbocycles. The van der Waals surface area contributed by atoms with E-state index in [9.17, 15) is 4.79 Å². The van der Waals surface area contributed by atoms with Crippen molar-refractivity contribution in [3.8, 4) is 0 Å². The molecule has 0 aliphatic rings. The maximum atomic E-state index is 11.3. The Morgan fingerprint density at radius 2 is 1.85 bits per heavy atom. The number of rotatable bonds is 3. The second kappa shape index (κ2) is 4.42. The number of carbonyl (C=O) groups is 1. The summed E-state index contributed by atoms with van der Waals surface area (Å²) in [6.07, 6.45) is 0. The normalized spacial score (nSPS) is 11.5. The summed E-state index contributed by atoms with van der Waals surface area (Å²) >= 11 is 0. The minimum absolute atomic E-state index is 0.318. The Kier molecular flexibility index (Phi) is 4.14. The first-order chi connectivity index (χ1) is 5.72. The SMILES string of the molecule is C=C(CN(C)C)C(=O)OC(C)(C)C. The fraction of sp³-hybridized carbons (Fsp3) is 0.700. The molecule has 0 aromatic rings. The number of carbonyl (C=O) groups excluding carboxylic acids is 1. The van der Waals surface area contributed by atoms with Gasteiger partial charge in [-0.3, -0.25) is 0 Å². The van der Waals surface area contributed by atoms with Gasteiger partial charge >= 0.3 is 5.97 Å². The highest BCUT2D eigenvalue weighted by Crippen LogP contribution is 2.10. The van der Waals surface area contributed by atoms with Crippen LogP contribution in [0.4, 0.5) is 0 Å². The van der Waals surface area contributed by atoms with E-state index in [0.717, 1.165) is 0 Å². The van der Waals surface area contributed by atoms with E-state index >= 15 is 0 Å². The quantitative estimate of drug-likeness (QED) is 0.492. The summed E-state index contributed by atoms with van der Waals surface area (Å²) in [6, 6.07) is 0. The number of esters is 1. The lowest BCUT2D eigenvalue weighted by atomic mass is 10.2. The Morgan fingerprint density at radius 3 is 2.15 bits per heavy atom. The van der Waals surface area contributed by atoms with Crippen LogP contribution in [0.3, 0.4) is 0 Å². The molecule has 0 amide bonds. The van der Waals surface area contributed by atoms with E-state index < -0.39 is 5.60 Å². The third kappa shape index (κ3) is 6.34. The molecular weight excluding hydrogens is 166 g/mol. The van der Waals surface area contributed by atoms with Crippen LogP contribution in [0.5, 0.6) is 0 Å². The van der Waals surface area contributed by atoms with Crippen LogP contribution in [-0.2, 0) is 9.53 Å². The first kappa shape index (κ1) is 12.2. The van der Waals surface area contributed by atoms with Crippen LogP contribution in [0.1, 0.15) is 20.8 Å². The maximum absolute atomic E-state index is 11.3. The van der Waals surface area contributed by atoms with Crippen LogP contribution in [0.2, 0.25) is 0 Å². The van der Waals surface area contributed by atoms with E-state index in [1.807, 2.05) is 39.8 Å². The monoisotopic (exact) mass is 185 g/mol. The molecule has 13 heavy (non-hydrogen) atoms. The van der Waals surface area contributed by atoms with Gasteiger partial charge in [0.2, 0.25) is 0 Å². The van der Waals surface area contributed by atoms with E-state index in [-0.39, 0.29) is 5.97 Å². The van der Waals surface area contributed by atoms with Crippen LogP contribution in [0, 0.1) is 0 Å². The van der Waals surface area contributed by atoms with E-state index in [1.165, 1.54) is 0 Å². The number of hydrogen-bond acceptors (Lipinski definition) is 3. The summed E-state index contributed by atoms with van der Waals surface area (Å²) in [5, 5.41) is 0. The molecule has 0 atom stereocenters. The van der Waals surface area contributed by atoms with Gasteiger partial charge in [-0.1, -0.05) is 6.58 Å². The number of likely N-dealkylation sites (N-methyl/N-ethyl adjacent to an activating group) is 1. The van der Waals surface area contributed by atoms with Gasteiger partial charge < -0.3 is 9.64 Å². The Morgan fingerprint density at radius 1 is 1.38 bits per heavy atom. The van der Waals surface area contributed by atoms with Gasteiger partial charge in [-0.15, -0.1) is 0 Å². The molecule has 0 bridgehead atoms. The summed E-state index contributed by atoms with van der Waals surface area (Å²) < 4.78 is 5.14. The summed E-state index contributed by atoms with van der Waals surface area (Å²) in [4.78, 5) is 13.2. The minimum atomic E-state index is -0.438. The summed E-state index contributed by atoms with van der Waals surface area (Å²) in [7, 11) is 3.77. The lowest BCUT2D eigenvalue weighted by Gasteiger charge is -2.21. The Hall–Kier alpha value is -0.830. The van der Waals surface area contributed by atoms with Crippen molar-refractivity contribution in [2.45, 2.75) is 26.4 Å². The predicted octanol–water partition coefficient (Wildman–Crippen LogP) is 1.45. The molecule has 3 nitrogen and oxygen atoms in total. The van der Waals surface area contributed by atoms with E-state index in [0.29, 0.717) is 12.1 Å². The first-order valence-corrected chi connectivity index (χ1v) is 4.28. The molecule has 3 heteroatoms. The van der Waals surface area contributed by atoms with Crippen molar-refractivity contribution in [2.75, 3.05) is 20.6 Å². The Labute approximate surface area is 80.4 Å². The summed E-state index contributed by atoms with van der Waals surface area (Å²) in [5.41, 5.74) is 0.0479. The van der Waals surface area contributed by atoms with Crippen molar-refractivity contribution in [1.29, 1.82) is 0 Å². The highest BCUT2D eigenvalue weighted by molar-refractivity contribution is 5.88. The van der Waals surface area contributed by atoms with Crippen molar-refractivity contribution in [3.05, 3.63) is 12.2 Å². The van der Waals surface area contributed by atoms with Gasteiger partial charge in [0.25, 0.3) is 0 Å². The van der Waals surface area contributed by atoms with Gasteiger partial charge in [-0.25, -0.2) is 4.79 Å². The van der Waals surface area contributed by atoms with Crippen LogP contribution in [0.15, 0.2) is 12.2 Å². The van der Waals surface area contributed by atoms with Crippen molar-refractivity contribution in [2.24, 2.45) is 0 Å². The molecule has 0 spiro atoms. The summed E-state index contributed by atoms with van der Waals surface area (Å²) in [5.74, 6) is -0.318. The van der Waals surface area contributed by atoms with Crippen LogP contribution in [-0.4, -0.2) is 37.1 Å². The predicted molar refractivity (Wildman–Crippen MR) is 53.5 cm³/mol. The molecule has 0 saturated heterocycles. The Bertz CT molecular complexity index is 201. The van der Waals surface area contributed by atoms with Crippen molar-refractivity contribution < 1.29 is 9.53 Å². The van der Waals surface area contributed by atoms with Crippen LogP contribution >= 0.6 is 0 Å². The second-order valence-corrected chi connectivity index (χ2v) is 4.34. The second-order valence-electron chi connectivity index (χ2n) is 4.34. The zero-order valence-electron chi connectivity index (χ0n) is 9.18. The fourth-order valence-electron chi connectivity index (χ4n) is 0.797. The smallest absolute Gasteiger partial charge is 0.335 e. The molecule has 0 heterocycles. The highest BCUT2D eigenvalue weighted by Gasteiger charge is 2.18. The molecule has 0 unspecified atom stereocenters. The van der Waals surface area contributed by atoms with Gasteiger partial charge in [0.1, 0.15) is 5.60 Å². The number of hydrogen-bond donors (Lipinski definition) is 0. The van der Waals surface area contributed by atoms with Crippen LogP contribution in [0.25, 0.3) is 0 Å². The van der Waals surface area contributed by atoms with E-state index in [4.69, 9.17) is 4.74 Å². The number of nitrogens with zero attached hydrogens (tertiary/aromatic N) is 1. The molecule has 0 N–H and O–H groups in total. The van der Waals surface area contributed by atoms with E-state index in [2.05, 4.69) is 6.58 Å². The standard InChI is InChI=1S/C10H19NO2/c1-8(7-11(5)6)9(12)13-10(2,3)4/h1,7H2,2-6H3. The Balaban J connectivity index is 4.06. The lowest BCUT2D eigenvalue weighted by Crippen LogP contribution is -2.28. The highest BCUT2D eigenvalue weighted by atomic mass is 16.6. The zero-order valence-corrected chi connectivity index (χ0v) is 9.18. The maximum Gasteiger partial charge on any atom is 0.335 e.